The van der Waals surface area contributed by atoms with Crippen LogP contribution in [-0.4, -0.2) is 44.3 Å². The summed E-state index contributed by atoms with van der Waals surface area (Å²) in [4.78, 5) is 27.7. The zero-order chi connectivity index (χ0) is 21.1. The number of ether oxygens (including phenoxy) is 1. The Bertz CT molecular complexity index is 1010. The van der Waals surface area contributed by atoms with Crippen molar-refractivity contribution in [2.75, 3.05) is 13.1 Å². The maximum Gasteiger partial charge on any atom is 0.350 e. The van der Waals surface area contributed by atoms with E-state index in [-0.39, 0.29) is 21.7 Å². The molecule has 1 atom stereocenters. The molecule has 160 valence electrons. The predicted molar refractivity (Wildman–Crippen MR) is 113 cm³/mol. The van der Waals surface area contributed by atoms with Gasteiger partial charge in [0, 0.05) is 24.7 Å². The SMILES string of the molecule is O=C(OC(C(=O)N1CCCCC1)c1ccccc1)c1sccc1S(=O)(=O)NC1CC1. The molecule has 1 aliphatic carbocycles. The predicted octanol–water partition coefficient (Wildman–Crippen LogP) is 3.10. The number of amides is 1. The van der Waals surface area contributed by atoms with Gasteiger partial charge in [0.1, 0.15) is 9.77 Å². The molecule has 1 saturated carbocycles. The first kappa shape index (κ1) is 21.0. The first-order valence-corrected chi connectivity index (χ1v) is 12.5. The van der Waals surface area contributed by atoms with Crippen molar-refractivity contribution in [1.29, 1.82) is 0 Å². The number of nitrogens with one attached hydrogen (secondary N) is 1. The number of thiophene rings is 1. The standard InChI is InChI=1S/C21H24N2O5S2/c24-20(23-12-5-2-6-13-23)18(15-7-3-1-4-8-15)28-21(25)19-17(11-14-29-19)30(26,27)22-16-9-10-16/h1,3-4,7-8,11,14,16,18,22H,2,5-6,9-10,12-13H2. The van der Waals surface area contributed by atoms with Crippen molar-refractivity contribution in [3.63, 3.8) is 0 Å². The van der Waals surface area contributed by atoms with E-state index in [4.69, 9.17) is 4.74 Å². The molecule has 0 radical (unpaired) electrons. The van der Waals surface area contributed by atoms with Crippen LogP contribution in [0, 0.1) is 0 Å². The molecule has 1 unspecified atom stereocenters. The Morgan fingerprint density at radius 3 is 2.43 bits per heavy atom. The van der Waals surface area contributed by atoms with Gasteiger partial charge in [0.15, 0.2) is 0 Å². The van der Waals surface area contributed by atoms with E-state index in [1.54, 1.807) is 34.5 Å². The van der Waals surface area contributed by atoms with Crippen molar-refractivity contribution in [2.24, 2.45) is 0 Å². The maximum absolute atomic E-state index is 13.2. The molecule has 1 aliphatic heterocycles. The van der Waals surface area contributed by atoms with Crippen LogP contribution < -0.4 is 4.72 Å². The molecule has 2 aliphatic rings. The summed E-state index contributed by atoms with van der Waals surface area (Å²) in [5, 5.41) is 1.54. The zero-order valence-corrected chi connectivity index (χ0v) is 18.1. The minimum Gasteiger partial charge on any atom is -0.443 e. The van der Waals surface area contributed by atoms with E-state index >= 15 is 0 Å². The first-order valence-electron chi connectivity index (χ1n) is 10.1. The molecule has 0 bridgehead atoms. The molecule has 1 aromatic carbocycles. The first-order chi connectivity index (χ1) is 14.5. The molecular weight excluding hydrogens is 424 g/mol. The minimum absolute atomic E-state index is 0.0180. The fourth-order valence-electron chi connectivity index (χ4n) is 3.47. The van der Waals surface area contributed by atoms with Crippen molar-refractivity contribution in [1.82, 2.24) is 9.62 Å². The van der Waals surface area contributed by atoms with Crippen LogP contribution in [0.15, 0.2) is 46.7 Å². The molecule has 1 aromatic heterocycles. The van der Waals surface area contributed by atoms with Crippen molar-refractivity contribution >= 4 is 33.2 Å². The second-order valence-electron chi connectivity index (χ2n) is 7.59. The van der Waals surface area contributed by atoms with Crippen LogP contribution in [0.2, 0.25) is 0 Å². The summed E-state index contributed by atoms with van der Waals surface area (Å²) in [7, 11) is -3.81. The third-order valence-corrected chi connectivity index (χ3v) is 7.81. The van der Waals surface area contributed by atoms with Crippen LogP contribution in [0.1, 0.15) is 53.4 Å². The average Bonchev–Trinajstić information content (AvgIpc) is 3.41. The number of carbonyl (C=O) groups is 2. The second kappa shape index (κ2) is 8.87. The number of hydrogen-bond acceptors (Lipinski definition) is 6. The Hall–Kier alpha value is -2.23. The lowest BCUT2D eigenvalue weighted by Gasteiger charge is -2.30. The molecule has 7 nitrogen and oxygen atoms in total. The van der Waals surface area contributed by atoms with Crippen LogP contribution in [0.5, 0.6) is 0 Å². The molecule has 1 saturated heterocycles. The highest BCUT2D eigenvalue weighted by Crippen LogP contribution is 2.30. The zero-order valence-electron chi connectivity index (χ0n) is 16.5. The highest BCUT2D eigenvalue weighted by Gasteiger charge is 2.35. The van der Waals surface area contributed by atoms with E-state index in [0.717, 1.165) is 43.4 Å². The fraction of sp³-hybridized carbons (Fsp3) is 0.429. The highest BCUT2D eigenvalue weighted by molar-refractivity contribution is 7.89. The van der Waals surface area contributed by atoms with Crippen LogP contribution in [0.25, 0.3) is 0 Å². The van der Waals surface area contributed by atoms with Crippen LogP contribution >= 0.6 is 11.3 Å². The van der Waals surface area contributed by atoms with Crippen molar-refractivity contribution in [3.8, 4) is 0 Å². The van der Waals surface area contributed by atoms with Gasteiger partial charge in [0.25, 0.3) is 5.91 Å². The van der Waals surface area contributed by atoms with E-state index in [1.807, 2.05) is 6.07 Å². The smallest absolute Gasteiger partial charge is 0.350 e. The lowest BCUT2D eigenvalue weighted by Crippen LogP contribution is -2.40. The molecule has 2 fully saturated rings. The number of rotatable bonds is 7. The number of sulfonamides is 1. The Balaban J connectivity index is 1.58. The lowest BCUT2D eigenvalue weighted by molar-refractivity contribution is -0.142. The van der Waals surface area contributed by atoms with Gasteiger partial charge in [-0.25, -0.2) is 17.9 Å². The molecule has 1 amide bonds. The molecule has 1 N–H and O–H groups in total. The molecule has 2 aromatic rings. The third kappa shape index (κ3) is 4.74. The second-order valence-corrected chi connectivity index (χ2v) is 10.2. The highest BCUT2D eigenvalue weighted by atomic mass is 32.2. The number of likely N-dealkylation sites (tertiary alicyclic amines) is 1. The topological polar surface area (TPSA) is 92.8 Å². The summed E-state index contributed by atoms with van der Waals surface area (Å²) in [6.07, 6.45) is 3.39. The van der Waals surface area contributed by atoms with E-state index < -0.39 is 22.1 Å². The monoisotopic (exact) mass is 448 g/mol. The number of carbonyl (C=O) groups excluding carboxylic acids is 2. The number of esters is 1. The largest absolute Gasteiger partial charge is 0.443 e. The third-order valence-electron chi connectivity index (χ3n) is 5.22. The van der Waals surface area contributed by atoms with Crippen LogP contribution in [0.3, 0.4) is 0 Å². The van der Waals surface area contributed by atoms with Gasteiger partial charge in [0.2, 0.25) is 16.1 Å². The summed E-state index contributed by atoms with van der Waals surface area (Å²) >= 11 is 0.998. The van der Waals surface area contributed by atoms with Gasteiger partial charge < -0.3 is 9.64 Å². The molecule has 0 spiro atoms. The van der Waals surface area contributed by atoms with Gasteiger partial charge in [0.05, 0.1) is 0 Å². The van der Waals surface area contributed by atoms with Crippen molar-refractivity contribution in [3.05, 3.63) is 52.2 Å². The van der Waals surface area contributed by atoms with Crippen molar-refractivity contribution < 1.29 is 22.7 Å². The minimum atomic E-state index is -3.81. The quantitative estimate of drug-likeness (QED) is 0.657. The van der Waals surface area contributed by atoms with E-state index in [0.29, 0.717) is 18.7 Å². The van der Waals surface area contributed by atoms with Crippen LogP contribution in [-0.2, 0) is 19.6 Å². The molecule has 2 heterocycles. The lowest BCUT2D eigenvalue weighted by atomic mass is 10.1. The molecule has 30 heavy (non-hydrogen) atoms. The number of benzene rings is 1. The van der Waals surface area contributed by atoms with E-state index in [9.17, 15) is 18.0 Å². The Labute approximate surface area is 180 Å². The van der Waals surface area contributed by atoms with E-state index in [2.05, 4.69) is 4.72 Å². The Morgan fingerprint density at radius 2 is 1.77 bits per heavy atom. The summed E-state index contributed by atoms with van der Waals surface area (Å²) in [5.74, 6) is -1.08. The maximum atomic E-state index is 13.2. The fourth-order valence-corrected chi connectivity index (χ4v) is 6.08. The Morgan fingerprint density at radius 1 is 1.07 bits per heavy atom. The van der Waals surface area contributed by atoms with Gasteiger partial charge in [-0.2, -0.15) is 0 Å². The average molecular weight is 449 g/mol. The molecule has 4 rings (SSSR count). The summed E-state index contributed by atoms with van der Waals surface area (Å²) in [6.45, 7) is 1.26. The van der Waals surface area contributed by atoms with E-state index in [1.165, 1.54) is 6.07 Å². The molecule has 9 heteroatoms. The number of piperidine rings is 1. The van der Waals surface area contributed by atoms with Gasteiger partial charge in [-0.15, -0.1) is 11.3 Å². The summed E-state index contributed by atoms with van der Waals surface area (Å²) < 4.78 is 33.5. The van der Waals surface area contributed by atoms with Gasteiger partial charge in [-0.3, -0.25) is 4.79 Å². The number of nitrogens with zero attached hydrogens (tertiary/aromatic N) is 1. The summed E-state index contributed by atoms with van der Waals surface area (Å²) in [6, 6.07) is 10.2. The number of hydrogen-bond donors (Lipinski definition) is 1. The van der Waals surface area contributed by atoms with Gasteiger partial charge >= 0.3 is 5.97 Å². The van der Waals surface area contributed by atoms with Crippen molar-refractivity contribution in [2.45, 2.75) is 49.1 Å². The summed E-state index contributed by atoms with van der Waals surface area (Å²) in [5.41, 5.74) is 0.568. The normalized spacial score (nSPS) is 18.1. The molecular formula is C21H24N2O5S2. The van der Waals surface area contributed by atoms with Crippen LogP contribution in [0.4, 0.5) is 0 Å². The van der Waals surface area contributed by atoms with Gasteiger partial charge in [-0.05, 0) is 43.6 Å². The van der Waals surface area contributed by atoms with Gasteiger partial charge in [-0.1, -0.05) is 30.3 Å². The Kier molecular flexibility index (Phi) is 6.21.